The summed E-state index contributed by atoms with van der Waals surface area (Å²) in [4.78, 5) is 4.35. The van der Waals surface area contributed by atoms with Crippen LogP contribution < -0.4 is 17.2 Å². The van der Waals surface area contributed by atoms with Gasteiger partial charge in [0.15, 0.2) is 0 Å². The summed E-state index contributed by atoms with van der Waals surface area (Å²) in [5.41, 5.74) is 18.8. The van der Waals surface area contributed by atoms with Gasteiger partial charge in [0.1, 0.15) is 5.67 Å². The van der Waals surface area contributed by atoms with Crippen LogP contribution in [0.4, 0.5) is 15.8 Å². The van der Waals surface area contributed by atoms with Crippen molar-refractivity contribution >= 4 is 23.2 Å². The van der Waals surface area contributed by atoms with Gasteiger partial charge in [-0.2, -0.15) is 0 Å². The molecule has 1 fully saturated rings. The number of benzene rings is 1. The molecule has 108 valence electrons. The van der Waals surface area contributed by atoms with Crippen molar-refractivity contribution in [3.8, 4) is 0 Å². The highest BCUT2D eigenvalue weighted by Crippen LogP contribution is 2.40. The number of anilines is 2. The van der Waals surface area contributed by atoms with Gasteiger partial charge in [-0.1, -0.05) is 6.07 Å². The predicted octanol–water partition coefficient (Wildman–Crippen LogP) is 2.36. The van der Waals surface area contributed by atoms with Gasteiger partial charge < -0.3 is 17.2 Å². The zero-order chi connectivity index (χ0) is 14.8. The van der Waals surface area contributed by atoms with Gasteiger partial charge in [0.05, 0.1) is 11.4 Å². The summed E-state index contributed by atoms with van der Waals surface area (Å²) in [7, 11) is 0. The maximum Gasteiger partial charge on any atom is 0.109 e. The fourth-order valence-electron chi connectivity index (χ4n) is 2.54. The van der Waals surface area contributed by atoms with Gasteiger partial charge in [-0.05, 0) is 43.4 Å². The minimum absolute atomic E-state index is 0.330. The first kappa shape index (κ1) is 14.4. The van der Waals surface area contributed by atoms with Crippen LogP contribution in [0.5, 0.6) is 0 Å². The number of allylic oxidation sites excluding steroid dienone is 1. The third-order valence-electron chi connectivity index (χ3n) is 3.62. The fraction of sp³-hybridized carbons (Fsp3) is 0.400. The van der Waals surface area contributed by atoms with Crippen LogP contribution in [0, 0.1) is 5.92 Å². The number of nitrogens with zero attached hydrogens (tertiary/aromatic N) is 1. The Bertz CT molecular complexity index is 541. The predicted molar refractivity (Wildman–Crippen MR) is 83.0 cm³/mol. The Morgan fingerprint density at radius 3 is 2.65 bits per heavy atom. The van der Waals surface area contributed by atoms with Gasteiger partial charge in [0.25, 0.3) is 0 Å². The molecule has 0 aliphatic heterocycles. The van der Waals surface area contributed by atoms with E-state index in [1.54, 1.807) is 25.3 Å². The zero-order valence-electron chi connectivity index (χ0n) is 11.6. The van der Waals surface area contributed by atoms with Crippen molar-refractivity contribution in [1.82, 2.24) is 0 Å². The Balaban J connectivity index is 1.97. The molecule has 6 N–H and O–H groups in total. The Kier molecular flexibility index (Phi) is 3.97. The Morgan fingerprint density at radius 2 is 2.10 bits per heavy atom. The maximum absolute atomic E-state index is 13.3. The number of nitrogens with two attached hydrogens (primary N) is 3. The molecule has 0 radical (unpaired) electrons. The van der Waals surface area contributed by atoms with Crippen LogP contribution in [0.2, 0.25) is 0 Å². The average molecular weight is 276 g/mol. The number of alkyl halides is 1. The van der Waals surface area contributed by atoms with Crippen molar-refractivity contribution in [3.63, 3.8) is 0 Å². The van der Waals surface area contributed by atoms with E-state index >= 15 is 0 Å². The van der Waals surface area contributed by atoms with E-state index in [9.17, 15) is 4.39 Å². The van der Waals surface area contributed by atoms with Crippen LogP contribution in [0.15, 0.2) is 29.4 Å². The van der Waals surface area contributed by atoms with E-state index in [0.717, 1.165) is 11.1 Å². The van der Waals surface area contributed by atoms with Crippen LogP contribution >= 0.6 is 0 Å². The number of hydrogen-bond donors (Lipinski definition) is 3. The Labute approximate surface area is 118 Å². The van der Waals surface area contributed by atoms with E-state index in [1.165, 1.54) is 6.20 Å². The largest absolute Gasteiger partial charge is 0.404 e. The maximum atomic E-state index is 13.3. The highest BCUT2D eigenvalue weighted by Gasteiger charge is 2.39. The van der Waals surface area contributed by atoms with Gasteiger partial charge in [0.2, 0.25) is 0 Å². The normalized spacial score (nSPS) is 26.7. The van der Waals surface area contributed by atoms with E-state index < -0.39 is 5.67 Å². The van der Waals surface area contributed by atoms with E-state index in [0.29, 0.717) is 36.7 Å². The molecule has 0 spiro atoms. The lowest BCUT2D eigenvalue weighted by Gasteiger charge is -2.37. The van der Waals surface area contributed by atoms with Gasteiger partial charge in [0, 0.05) is 24.5 Å². The second kappa shape index (κ2) is 5.53. The van der Waals surface area contributed by atoms with Gasteiger partial charge in [-0.15, -0.1) is 0 Å². The van der Waals surface area contributed by atoms with E-state index in [2.05, 4.69) is 4.99 Å². The average Bonchev–Trinajstić information content (AvgIpc) is 2.36. The number of halogens is 1. The molecule has 4 nitrogen and oxygen atoms in total. The molecule has 0 atom stereocenters. The molecule has 0 saturated heterocycles. The molecule has 1 aliphatic carbocycles. The summed E-state index contributed by atoms with van der Waals surface area (Å²) in [6.07, 6.45) is 4.36. The second-order valence-corrected chi connectivity index (χ2v) is 5.65. The summed E-state index contributed by atoms with van der Waals surface area (Å²) < 4.78 is 13.3. The molecule has 1 aliphatic rings. The van der Waals surface area contributed by atoms with Crippen LogP contribution in [0.3, 0.4) is 0 Å². The molecule has 2 rings (SSSR count). The van der Waals surface area contributed by atoms with Crippen LogP contribution in [0.1, 0.15) is 25.3 Å². The molecular weight excluding hydrogens is 255 g/mol. The summed E-state index contributed by atoms with van der Waals surface area (Å²) >= 11 is 0. The Hall–Kier alpha value is -2.04. The first-order valence-corrected chi connectivity index (χ1v) is 6.67. The second-order valence-electron chi connectivity index (χ2n) is 5.65. The van der Waals surface area contributed by atoms with E-state index in [4.69, 9.17) is 17.2 Å². The number of rotatable bonds is 4. The van der Waals surface area contributed by atoms with Gasteiger partial charge >= 0.3 is 0 Å². The lowest BCUT2D eigenvalue weighted by atomic mass is 9.74. The fourth-order valence-corrected chi connectivity index (χ4v) is 2.54. The highest BCUT2D eigenvalue weighted by atomic mass is 19.1. The summed E-state index contributed by atoms with van der Waals surface area (Å²) in [5, 5.41) is 0. The summed E-state index contributed by atoms with van der Waals surface area (Å²) in [6.45, 7) is 2.26. The summed E-state index contributed by atoms with van der Waals surface area (Å²) in [6, 6.07) is 5.35. The SMILES string of the molecule is CC1(F)CC(CN=CC(=CN)c2ccc(N)c(N)c2)C1. The lowest BCUT2D eigenvalue weighted by Crippen LogP contribution is -2.38. The highest BCUT2D eigenvalue weighted by molar-refractivity contribution is 6.10. The third-order valence-corrected chi connectivity index (χ3v) is 3.62. The van der Waals surface area contributed by atoms with Crippen LogP contribution in [-0.2, 0) is 0 Å². The molecule has 0 bridgehead atoms. The van der Waals surface area contributed by atoms with E-state index in [1.807, 2.05) is 6.07 Å². The summed E-state index contributed by atoms with van der Waals surface area (Å²) in [5.74, 6) is 0.330. The quantitative estimate of drug-likeness (QED) is 0.582. The molecule has 0 amide bonds. The van der Waals surface area contributed by atoms with Crippen LogP contribution in [-0.4, -0.2) is 18.4 Å². The van der Waals surface area contributed by atoms with Crippen molar-refractivity contribution in [2.24, 2.45) is 16.6 Å². The molecule has 1 aromatic carbocycles. The number of nitrogen functional groups attached to an aromatic ring is 2. The van der Waals surface area contributed by atoms with Crippen molar-refractivity contribution in [2.45, 2.75) is 25.4 Å². The third kappa shape index (κ3) is 3.29. The minimum atomic E-state index is -1.00. The molecular formula is C15H21FN4. The molecule has 1 aromatic rings. The Morgan fingerprint density at radius 1 is 1.40 bits per heavy atom. The number of aliphatic imine (C=N–C) groups is 1. The van der Waals surface area contributed by atoms with Crippen molar-refractivity contribution < 1.29 is 4.39 Å². The molecule has 0 aromatic heterocycles. The van der Waals surface area contributed by atoms with Crippen molar-refractivity contribution in [1.29, 1.82) is 0 Å². The molecule has 20 heavy (non-hydrogen) atoms. The monoisotopic (exact) mass is 276 g/mol. The molecule has 1 saturated carbocycles. The van der Waals surface area contributed by atoms with Gasteiger partial charge in [-0.3, -0.25) is 4.99 Å². The zero-order valence-corrected chi connectivity index (χ0v) is 11.6. The molecule has 5 heteroatoms. The molecule has 0 unspecified atom stereocenters. The smallest absolute Gasteiger partial charge is 0.109 e. The first-order chi connectivity index (χ1) is 9.41. The van der Waals surface area contributed by atoms with Gasteiger partial charge in [-0.25, -0.2) is 4.39 Å². The van der Waals surface area contributed by atoms with Crippen LogP contribution in [0.25, 0.3) is 5.57 Å². The minimum Gasteiger partial charge on any atom is -0.404 e. The lowest BCUT2D eigenvalue weighted by molar-refractivity contribution is 0.0302. The topological polar surface area (TPSA) is 90.4 Å². The first-order valence-electron chi connectivity index (χ1n) is 6.67. The number of hydrogen-bond acceptors (Lipinski definition) is 4. The molecule has 0 heterocycles. The van der Waals surface area contributed by atoms with Crippen molar-refractivity contribution in [2.75, 3.05) is 18.0 Å². The standard InChI is InChI=1S/C15H21FN4/c1-15(16)5-10(6-15)8-20-9-12(7-17)11-2-3-13(18)14(19)4-11/h2-4,7,9-10H,5-6,8,17-19H2,1H3. The van der Waals surface area contributed by atoms with E-state index in [-0.39, 0.29) is 0 Å². The van der Waals surface area contributed by atoms with Crippen molar-refractivity contribution in [3.05, 3.63) is 30.0 Å².